The second-order valence-corrected chi connectivity index (χ2v) is 10.5. The van der Waals surface area contributed by atoms with E-state index in [-0.39, 0.29) is 5.54 Å². The summed E-state index contributed by atoms with van der Waals surface area (Å²) in [5.41, 5.74) is 11.3. The predicted molar refractivity (Wildman–Crippen MR) is 131 cm³/mol. The third-order valence-electron chi connectivity index (χ3n) is 6.98. The Morgan fingerprint density at radius 1 is 0.839 bits per heavy atom. The van der Waals surface area contributed by atoms with Gasteiger partial charge in [0.15, 0.2) is 5.75 Å². The van der Waals surface area contributed by atoms with Crippen molar-refractivity contribution in [1.82, 2.24) is 4.57 Å². The molecule has 2 aliphatic carbocycles. The Kier molecular flexibility index (Phi) is 5.03. The molecule has 2 aliphatic rings. The highest BCUT2D eigenvalue weighted by molar-refractivity contribution is 6.01. The molecule has 0 atom stereocenters. The maximum atomic E-state index is 6.23. The van der Waals surface area contributed by atoms with Gasteiger partial charge in [-0.15, -0.1) is 0 Å². The number of aryl methyl sites for hydroxylation is 3. The van der Waals surface area contributed by atoms with Crippen LogP contribution < -0.4 is 10.1 Å². The Morgan fingerprint density at radius 3 is 2.23 bits per heavy atom. The molecule has 0 spiro atoms. The highest BCUT2D eigenvalue weighted by Gasteiger charge is 2.32. The fourth-order valence-corrected chi connectivity index (χ4v) is 5.74. The molecule has 3 aromatic rings. The number of fused-ring (bicyclic) bond motifs is 5. The zero-order valence-electron chi connectivity index (χ0n) is 19.8. The van der Waals surface area contributed by atoms with E-state index in [1.807, 2.05) is 7.11 Å². The Balaban J connectivity index is 1.91. The number of anilines is 1. The molecule has 0 saturated heterocycles. The maximum absolute atomic E-state index is 6.23. The second kappa shape index (κ2) is 7.62. The Hall–Kier alpha value is -2.42. The predicted octanol–water partition coefficient (Wildman–Crippen LogP) is 6.92. The fourth-order valence-electron chi connectivity index (χ4n) is 5.74. The third kappa shape index (κ3) is 3.43. The van der Waals surface area contributed by atoms with Crippen molar-refractivity contribution in [3.63, 3.8) is 0 Å². The lowest BCUT2D eigenvalue weighted by Crippen LogP contribution is -2.27. The van der Waals surface area contributed by atoms with E-state index in [4.69, 9.17) is 4.74 Å². The maximum Gasteiger partial charge on any atom is 0.151 e. The largest absolute Gasteiger partial charge is 0.494 e. The zero-order chi connectivity index (χ0) is 21.8. The highest BCUT2D eigenvalue weighted by atomic mass is 16.5. The molecule has 0 saturated carbocycles. The molecule has 1 heterocycles. The first kappa shape index (κ1) is 20.5. The van der Waals surface area contributed by atoms with Crippen LogP contribution in [0.4, 0.5) is 5.69 Å². The van der Waals surface area contributed by atoms with Gasteiger partial charge in [0.2, 0.25) is 0 Å². The van der Waals surface area contributed by atoms with E-state index in [9.17, 15) is 0 Å². The average Bonchev–Trinajstić information content (AvgIpc) is 3.24. The lowest BCUT2D eigenvalue weighted by molar-refractivity contribution is 0.419. The number of methoxy groups -OCH3 is 1. The minimum Gasteiger partial charge on any atom is -0.494 e. The number of benzene rings is 2. The topological polar surface area (TPSA) is 26.2 Å². The molecular weight excluding hydrogens is 380 g/mol. The van der Waals surface area contributed by atoms with E-state index in [2.05, 4.69) is 61.8 Å². The molecule has 0 fully saturated rings. The first-order valence-corrected chi connectivity index (χ1v) is 12.0. The van der Waals surface area contributed by atoms with Crippen molar-refractivity contribution >= 4 is 16.6 Å². The monoisotopic (exact) mass is 416 g/mol. The summed E-state index contributed by atoms with van der Waals surface area (Å²) in [6, 6.07) is 9.10. The molecule has 0 amide bonds. The van der Waals surface area contributed by atoms with Crippen molar-refractivity contribution in [1.29, 1.82) is 0 Å². The van der Waals surface area contributed by atoms with Gasteiger partial charge in [-0.1, -0.05) is 24.1 Å². The molecule has 0 unspecified atom stereocenters. The number of hydrogen-bond acceptors (Lipinski definition) is 2. The van der Waals surface area contributed by atoms with Gasteiger partial charge in [0.05, 0.1) is 18.3 Å². The van der Waals surface area contributed by atoms with Crippen LogP contribution in [0.15, 0.2) is 24.3 Å². The van der Waals surface area contributed by atoms with Crippen LogP contribution in [0, 0.1) is 6.92 Å². The number of aromatic nitrogens is 1. The number of nitrogens with one attached hydrogen (secondary N) is 1. The van der Waals surface area contributed by atoms with Crippen molar-refractivity contribution < 1.29 is 4.74 Å². The third-order valence-corrected chi connectivity index (χ3v) is 6.98. The average molecular weight is 417 g/mol. The van der Waals surface area contributed by atoms with Crippen molar-refractivity contribution in [2.24, 2.45) is 0 Å². The summed E-state index contributed by atoms with van der Waals surface area (Å²) in [4.78, 5) is 0. The van der Waals surface area contributed by atoms with Gasteiger partial charge in [-0.3, -0.25) is 0 Å². The van der Waals surface area contributed by atoms with Gasteiger partial charge in [0.1, 0.15) is 0 Å². The van der Waals surface area contributed by atoms with Gasteiger partial charge in [-0.05, 0) is 101 Å². The van der Waals surface area contributed by atoms with Crippen LogP contribution in [0.3, 0.4) is 0 Å². The first-order chi connectivity index (χ1) is 14.9. The van der Waals surface area contributed by atoms with Crippen LogP contribution in [-0.4, -0.2) is 17.2 Å². The van der Waals surface area contributed by atoms with E-state index in [0.29, 0.717) is 0 Å². The van der Waals surface area contributed by atoms with E-state index >= 15 is 0 Å². The molecule has 3 heteroatoms. The van der Waals surface area contributed by atoms with Crippen LogP contribution in [-0.2, 0) is 25.7 Å². The summed E-state index contributed by atoms with van der Waals surface area (Å²) in [5, 5.41) is 5.21. The summed E-state index contributed by atoms with van der Waals surface area (Å²) in [5.74, 6) is 1.06. The van der Waals surface area contributed by atoms with Gasteiger partial charge >= 0.3 is 0 Å². The molecule has 164 valence electrons. The van der Waals surface area contributed by atoms with E-state index < -0.39 is 0 Å². The molecule has 1 N–H and O–H groups in total. The minimum absolute atomic E-state index is 0.00616. The second-order valence-electron chi connectivity index (χ2n) is 10.5. The lowest BCUT2D eigenvalue weighted by atomic mass is 9.97. The Bertz CT molecular complexity index is 1130. The van der Waals surface area contributed by atoms with Gasteiger partial charge in [-0.25, -0.2) is 0 Å². The van der Waals surface area contributed by atoms with Crippen LogP contribution in [0.2, 0.25) is 0 Å². The molecule has 0 radical (unpaired) electrons. The Labute approximate surface area is 186 Å². The number of hydrogen-bond donors (Lipinski definition) is 1. The summed E-state index contributed by atoms with van der Waals surface area (Å²) in [7, 11) is 1.86. The normalized spacial score (nSPS) is 16.2. The molecule has 0 aliphatic heterocycles. The minimum atomic E-state index is -0.00616. The van der Waals surface area contributed by atoms with Crippen LogP contribution in [0.1, 0.15) is 74.4 Å². The van der Waals surface area contributed by atoms with Gasteiger partial charge in [0, 0.05) is 22.3 Å². The first-order valence-electron chi connectivity index (χ1n) is 12.0. The van der Waals surface area contributed by atoms with Crippen LogP contribution >= 0.6 is 0 Å². The van der Waals surface area contributed by atoms with Gasteiger partial charge < -0.3 is 14.6 Å². The molecule has 31 heavy (non-hydrogen) atoms. The molecule has 0 bridgehead atoms. The van der Waals surface area contributed by atoms with E-state index in [0.717, 1.165) is 31.4 Å². The van der Waals surface area contributed by atoms with E-state index in [1.165, 1.54) is 75.9 Å². The van der Waals surface area contributed by atoms with Gasteiger partial charge in [0.25, 0.3) is 0 Å². The molecule has 5 rings (SSSR count). The standard InChI is InChI=1S/C28H36N2O/c1-18-14-16-19(17-15-18)30-23-13-8-6-7-10-22(23)24-26(30)21-12-9-11-20(21)25(27(24)31-5)29-28(2,3)4/h14-17,29H,6-13H2,1-5H3. The zero-order valence-corrected chi connectivity index (χ0v) is 19.8. The van der Waals surface area contributed by atoms with Crippen molar-refractivity contribution in [2.75, 3.05) is 12.4 Å². The number of ether oxygens (including phenoxy) is 1. The lowest BCUT2D eigenvalue weighted by Gasteiger charge is -2.27. The molecule has 1 aromatic heterocycles. The Morgan fingerprint density at radius 2 is 1.52 bits per heavy atom. The summed E-state index contributed by atoms with van der Waals surface area (Å²) in [6.45, 7) is 8.91. The van der Waals surface area contributed by atoms with Crippen LogP contribution in [0.25, 0.3) is 16.6 Å². The van der Waals surface area contributed by atoms with Gasteiger partial charge in [-0.2, -0.15) is 0 Å². The summed E-state index contributed by atoms with van der Waals surface area (Å²) >= 11 is 0. The van der Waals surface area contributed by atoms with Crippen LogP contribution in [0.5, 0.6) is 5.75 Å². The fraction of sp³-hybridized carbons (Fsp3) is 0.500. The quantitative estimate of drug-likeness (QED) is 0.469. The highest BCUT2D eigenvalue weighted by Crippen LogP contribution is 2.49. The summed E-state index contributed by atoms with van der Waals surface area (Å²) < 4.78 is 8.83. The molecule has 2 aromatic carbocycles. The molecular formula is C28H36N2O. The number of nitrogens with zero attached hydrogens (tertiary/aromatic N) is 1. The number of rotatable bonds is 3. The van der Waals surface area contributed by atoms with E-state index in [1.54, 1.807) is 0 Å². The van der Waals surface area contributed by atoms with Crippen molar-refractivity contribution in [3.8, 4) is 11.4 Å². The summed E-state index contributed by atoms with van der Waals surface area (Å²) in [6.07, 6.45) is 9.65. The smallest absolute Gasteiger partial charge is 0.151 e. The van der Waals surface area contributed by atoms with Crippen molar-refractivity contribution in [2.45, 2.75) is 84.6 Å². The SMILES string of the molecule is COc1c(NC(C)(C)C)c2c(c3c1c1c(n3-c3ccc(C)cc3)CCCCC1)CCC2. The van der Waals surface area contributed by atoms with Crippen molar-refractivity contribution in [3.05, 3.63) is 52.2 Å². The molecule has 3 nitrogen and oxygen atoms in total.